The Morgan fingerprint density at radius 2 is 2.06 bits per heavy atom. The predicted octanol–water partition coefficient (Wildman–Crippen LogP) is 2.36. The van der Waals surface area contributed by atoms with Crippen LogP contribution in [0.5, 0.6) is 0 Å². The monoisotopic (exact) mass is 239 g/mol. The summed E-state index contributed by atoms with van der Waals surface area (Å²) in [7, 11) is 0. The topological polar surface area (TPSA) is 38.3 Å². The second-order valence-corrected chi connectivity index (χ2v) is 6.25. The number of amides is 1. The maximum absolute atomic E-state index is 12.0. The van der Waals surface area contributed by atoms with Gasteiger partial charge in [0, 0.05) is 13.2 Å². The molecular formula is C14H25NO2. The van der Waals surface area contributed by atoms with Crippen molar-refractivity contribution in [1.29, 1.82) is 0 Å². The summed E-state index contributed by atoms with van der Waals surface area (Å²) < 4.78 is 5.35. The van der Waals surface area contributed by atoms with Crippen molar-refractivity contribution in [3.8, 4) is 0 Å². The highest BCUT2D eigenvalue weighted by Gasteiger charge is 2.34. The Kier molecular flexibility index (Phi) is 4.08. The molecule has 0 unspecified atom stereocenters. The Morgan fingerprint density at radius 3 is 2.59 bits per heavy atom. The standard InChI is InChI=1S/C14H25NO2/c1-14(2,12-6-3-7-12)10-15-13(16)11-5-4-8-17-9-11/h11-12H,3-10H2,1-2H3,(H,15,16)/t11-/m0/s1. The van der Waals surface area contributed by atoms with Gasteiger partial charge < -0.3 is 10.1 Å². The summed E-state index contributed by atoms with van der Waals surface area (Å²) >= 11 is 0. The van der Waals surface area contributed by atoms with Gasteiger partial charge in [0.15, 0.2) is 0 Å². The van der Waals surface area contributed by atoms with Crippen LogP contribution in [0.25, 0.3) is 0 Å². The zero-order valence-electron chi connectivity index (χ0n) is 11.1. The fourth-order valence-corrected chi connectivity index (χ4v) is 2.74. The van der Waals surface area contributed by atoms with E-state index in [2.05, 4.69) is 19.2 Å². The minimum Gasteiger partial charge on any atom is -0.381 e. The van der Waals surface area contributed by atoms with Crippen LogP contribution in [0, 0.1) is 17.3 Å². The molecule has 17 heavy (non-hydrogen) atoms. The minimum atomic E-state index is 0.0842. The summed E-state index contributed by atoms with van der Waals surface area (Å²) in [5.74, 6) is 1.07. The molecule has 0 radical (unpaired) electrons. The van der Waals surface area contributed by atoms with Crippen LogP contribution in [0.2, 0.25) is 0 Å². The molecule has 1 aliphatic heterocycles. The molecule has 0 aromatic rings. The molecule has 3 nitrogen and oxygen atoms in total. The zero-order valence-corrected chi connectivity index (χ0v) is 11.1. The molecule has 0 aromatic heterocycles. The van der Waals surface area contributed by atoms with E-state index in [1.165, 1.54) is 19.3 Å². The van der Waals surface area contributed by atoms with Crippen molar-refractivity contribution in [2.75, 3.05) is 19.8 Å². The molecule has 0 bridgehead atoms. The van der Waals surface area contributed by atoms with Gasteiger partial charge in [-0.1, -0.05) is 20.3 Å². The number of hydrogen-bond donors (Lipinski definition) is 1. The largest absolute Gasteiger partial charge is 0.381 e. The van der Waals surface area contributed by atoms with Crippen molar-refractivity contribution in [1.82, 2.24) is 5.32 Å². The smallest absolute Gasteiger partial charge is 0.225 e. The molecule has 1 atom stereocenters. The number of carbonyl (C=O) groups is 1. The number of rotatable bonds is 4. The van der Waals surface area contributed by atoms with Crippen molar-refractivity contribution in [2.45, 2.75) is 46.0 Å². The first kappa shape index (κ1) is 12.9. The quantitative estimate of drug-likeness (QED) is 0.818. The van der Waals surface area contributed by atoms with Crippen LogP contribution in [0.1, 0.15) is 46.0 Å². The van der Waals surface area contributed by atoms with Crippen molar-refractivity contribution < 1.29 is 9.53 Å². The summed E-state index contributed by atoms with van der Waals surface area (Å²) in [6.45, 7) is 6.78. The molecule has 1 N–H and O–H groups in total. The van der Waals surface area contributed by atoms with Crippen LogP contribution < -0.4 is 5.32 Å². The van der Waals surface area contributed by atoms with Crippen molar-refractivity contribution in [3.63, 3.8) is 0 Å². The first-order valence-corrected chi connectivity index (χ1v) is 6.95. The molecule has 2 aliphatic rings. The van der Waals surface area contributed by atoms with Gasteiger partial charge in [-0.05, 0) is 37.0 Å². The third-order valence-electron chi connectivity index (χ3n) is 4.46. The lowest BCUT2D eigenvalue weighted by atomic mass is 9.67. The summed E-state index contributed by atoms with van der Waals surface area (Å²) in [4.78, 5) is 12.0. The second kappa shape index (κ2) is 5.38. The van der Waals surface area contributed by atoms with Gasteiger partial charge in [-0.2, -0.15) is 0 Å². The summed E-state index contributed by atoms with van der Waals surface area (Å²) in [5, 5.41) is 3.12. The SMILES string of the molecule is CC(C)(CNC(=O)[C@H]1CCCOC1)C1CCC1. The van der Waals surface area contributed by atoms with E-state index in [1.807, 2.05) is 0 Å². The second-order valence-electron chi connectivity index (χ2n) is 6.25. The van der Waals surface area contributed by atoms with E-state index in [0.29, 0.717) is 6.61 Å². The normalized spacial score (nSPS) is 26.4. The molecule has 3 heteroatoms. The molecule has 2 fully saturated rings. The molecule has 1 amide bonds. The van der Waals surface area contributed by atoms with Crippen LogP contribution >= 0.6 is 0 Å². The molecule has 2 rings (SSSR count). The first-order chi connectivity index (χ1) is 8.09. The molecule has 0 spiro atoms. The summed E-state index contributed by atoms with van der Waals surface area (Å²) in [6, 6.07) is 0. The van der Waals surface area contributed by atoms with Gasteiger partial charge in [-0.3, -0.25) is 4.79 Å². The van der Waals surface area contributed by atoms with Crippen molar-refractivity contribution >= 4 is 5.91 Å². The fourth-order valence-electron chi connectivity index (χ4n) is 2.74. The average Bonchev–Trinajstić information content (AvgIpc) is 2.24. The minimum absolute atomic E-state index is 0.0842. The fraction of sp³-hybridized carbons (Fsp3) is 0.929. The molecule has 0 aromatic carbocycles. The third kappa shape index (κ3) is 3.21. The van der Waals surface area contributed by atoms with Gasteiger partial charge in [0.25, 0.3) is 0 Å². The van der Waals surface area contributed by atoms with Crippen LogP contribution in [0.15, 0.2) is 0 Å². The Labute approximate surface area is 104 Å². The maximum atomic E-state index is 12.0. The molecule has 1 heterocycles. The Hall–Kier alpha value is -0.570. The van der Waals surface area contributed by atoms with Crippen molar-refractivity contribution in [3.05, 3.63) is 0 Å². The van der Waals surface area contributed by atoms with E-state index < -0.39 is 0 Å². The summed E-state index contributed by atoms with van der Waals surface area (Å²) in [5.41, 5.74) is 0.253. The van der Waals surface area contributed by atoms with Gasteiger partial charge in [0.1, 0.15) is 0 Å². The zero-order chi connectivity index (χ0) is 12.3. The van der Waals surface area contributed by atoms with Crippen LogP contribution in [-0.2, 0) is 9.53 Å². The highest BCUT2D eigenvalue weighted by molar-refractivity contribution is 5.78. The first-order valence-electron chi connectivity index (χ1n) is 6.95. The van der Waals surface area contributed by atoms with Gasteiger partial charge in [0.2, 0.25) is 5.91 Å². The Balaban J connectivity index is 1.74. The molecule has 1 saturated heterocycles. The number of carbonyl (C=O) groups excluding carboxylic acids is 1. The lowest BCUT2D eigenvalue weighted by Gasteiger charge is -2.40. The average molecular weight is 239 g/mol. The van der Waals surface area contributed by atoms with Crippen LogP contribution in [0.3, 0.4) is 0 Å². The van der Waals surface area contributed by atoms with E-state index in [0.717, 1.165) is 31.9 Å². The highest BCUT2D eigenvalue weighted by Crippen LogP contribution is 2.41. The van der Waals surface area contributed by atoms with Gasteiger partial charge in [-0.25, -0.2) is 0 Å². The maximum Gasteiger partial charge on any atom is 0.225 e. The van der Waals surface area contributed by atoms with Gasteiger partial charge >= 0.3 is 0 Å². The molecule has 98 valence electrons. The van der Waals surface area contributed by atoms with Gasteiger partial charge in [0.05, 0.1) is 12.5 Å². The Bertz CT molecular complexity index is 265. The van der Waals surface area contributed by atoms with Crippen molar-refractivity contribution in [2.24, 2.45) is 17.3 Å². The number of nitrogens with one attached hydrogen (secondary N) is 1. The predicted molar refractivity (Wildman–Crippen MR) is 67.7 cm³/mol. The Morgan fingerprint density at radius 1 is 1.29 bits per heavy atom. The lowest BCUT2D eigenvalue weighted by molar-refractivity contribution is -0.129. The van der Waals surface area contributed by atoms with Gasteiger partial charge in [-0.15, -0.1) is 0 Å². The summed E-state index contributed by atoms with van der Waals surface area (Å²) in [6.07, 6.45) is 6.02. The van der Waals surface area contributed by atoms with E-state index in [9.17, 15) is 4.79 Å². The van der Waals surface area contributed by atoms with Crippen LogP contribution in [-0.4, -0.2) is 25.7 Å². The van der Waals surface area contributed by atoms with E-state index >= 15 is 0 Å². The lowest BCUT2D eigenvalue weighted by Crippen LogP contribution is -2.44. The number of ether oxygens (including phenoxy) is 1. The third-order valence-corrected chi connectivity index (χ3v) is 4.46. The highest BCUT2D eigenvalue weighted by atomic mass is 16.5. The molecular weight excluding hydrogens is 214 g/mol. The van der Waals surface area contributed by atoms with E-state index in [4.69, 9.17) is 4.74 Å². The van der Waals surface area contributed by atoms with E-state index in [1.54, 1.807) is 0 Å². The van der Waals surface area contributed by atoms with Crippen LogP contribution in [0.4, 0.5) is 0 Å². The molecule has 1 saturated carbocycles. The molecule has 1 aliphatic carbocycles. The van der Waals surface area contributed by atoms with E-state index in [-0.39, 0.29) is 17.2 Å². The number of hydrogen-bond acceptors (Lipinski definition) is 2.